The maximum atomic E-state index is 13.3. The predicted octanol–water partition coefficient (Wildman–Crippen LogP) is 1.21. The molecule has 0 saturated carbocycles. The second-order valence-electron chi connectivity index (χ2n) is 9.98. The minimum atomic E-state index is -1.21. The molecule has 0 bridgehead atoms. The lowest BCUT2D eigenvalue weighted by molar-refractivity contribution is -0.143. The Balaban J connectivity index is 1.79. The van der Waals surface area contributed by atoms with Gasteiger partial charge in [0.1, 0.15) is 23.9 Å². The number of carbonyl (C=O) groups excluding carboxylic acids is 3. The zero-order chi connectivity index (χ0) is 27.8. The number of phenols is 1. The topological polar surface area (TPSA) is 162 Å². The quantitative estimate of drug-likeness (QED) is 0.295. The summed E-state index contributed by atoms with van der Waals surface area (Å²) in [6.07, 6.45) is 1.19. The number of aromatic hydroxyl groups is 1. The molecule has 1 aliphatic heterocycles. The first-order chi connectivity index (χ1) is 18.1. The smallest absolute Gasteiger partial charge is 0.326 e. The molecule has 0 spiro atoms. The molecule has 10 heteroatoms. The van der Waals surface area contributed by atoms with E-state index < -0.39 is 42.0 Å². The van der Waals surface area contributed by atoms with Gasteiger partial charge in [-0.3, -0.25) is 14.4 Å². The van der Waals surface area contributed by atoms with E-state index in [0.29, 0.717) is 24.9 Å². The number of nitrogens with one attached hydrogen (secondary N) is 2. The van der Waals surface area contributed by atoms with Gasteiger partial charge in [-0.25, -0.2) is 4.79 Å². The normalized spacial score (nSPS) is 17.5. The van der Waals surface area contributed by atoms with Gasteiger partial charge in [-0.15, -0.1) is 0 Å². The highest BCUT2D eigenvalue weighted by Crippen LogP contribution is 2.20. The van der Waals surface area contributed by atoms with Crippen LogP contribution in [0.25, 0.3) is 0 Å². The average Bonchev–Trinajstić information content (AvgIpc) is 3.39. The summed E-state index contributed by atoms with van der Waals surface area (Å²) in [5.74, 6) is -2.73. The molecule has 1 fully saturated rings. The summed E-state index contributed by atoms with van der Waals surface area (Å²) in [5, 5.41) is 24.7. The van der Waals surface area contributed by atoms with Crippen LogP contribution in [0, 0.1) is 5.92 Å². The molecule has 6 N–H and O–H groups in total. The molecular weight excluding hydrogens is 488 g/mol. The number of carbonyl (C=O) groups is 4. The monoisotopic (exact) mass is 524 g/mol. The van der Waals surface area contributed by atoms with Crippen LogP contribution in [0.15, 0.2) is 54.6 Å². The number of phenolic OH excluding ortho intramolecular Hbond substituents is 1. The molecular formula is C28H36N4O6. The van der Waals surface area contributed by atoms with Crippen LogP contribution >= 0.6 is 0 Å². The fourth-order valence-corrected chi connectivity index (χ4v) is 4.45. The molecule has 204 valence electrons. The second-order valence-corrected chi connectivity index (χ2v) is 9.98. The van der Waals surface area contributed by atoms with Crippen LogP contribution in [-0.2, 0) is 32.0 Å². The number of nitrogens with two attached hydrogens (primary N) is 1. The van der Waals surface area contributed by atoms with Crippen molar-refractivity contribution in [3.8, 4) is 5.75 Å². The number of nitrogens with zero attached hydrogens (tertiary/aromatic N) is 1. The van der Waals surface area contributed by atoms with Crippen molar-refractivity contribution >= 4 is 23.7 Å². The molecule has 0 radical (unpaired) electrons. The average molecular weight is 525 g/mol. The van der Waals surface area contributed by atoms with E-state index in [0.717, 1.165) is 5.56 Å². The highest BCUT2D eigenvalue weighted by atomic mass is 16.4. The Hall–Kier alpha value is -3.92. The van der Waals surface area contributed by atoms with E-state index >= 15 is 0 Å². The molecule has 4 atom stereocenters. The molecule has 4 unspecified atom stereocenters. The first kappa shape index (κ1) is 28.6. The van der Waals surface area contributed by atoms with Crippen molar-refractivity contribution in [1.29, 1.82) is 0 Å². The van der Waals surface area contributed by atoms with E-state index in [1.165, 1.54) is 17.0 Å². The molecule has 1 heterocycles. The molecule has 1 aliphatic rings. The highest BCUT2D eigenvalue weighted by molar-refractivity contribution is 5.94. The van der Waals surface area contributed by atoms with Gasteiger partial charge in [0.05, 0.1) is 6.04 Å². The Labute approximate surface area is 222 Å². The zero-order valence-electron chi connectivity index (χ0n) is 21.7. The summed E-state index contributed by atoms with van der Waals surface area (Å²) >= 11 is 0. The van der Waals surface area contributed by atoms with Gasteiger partial charge in [0, 0.05) is 19.4 Å². The van der Waals surface area contributed by atoms with Crippen LogP contribution in [0.3, 0.4) is 0 Å². The van der Waals surface area contributed by atoms with E-state index in [2.05, 4.69) is 10.6 Å². The molecule has 10 nitrogen and oxygen atoms in total. The fourth-order valence-electron chi connectivity index (χ4n) is 4.45. The van der Waals surface area contributed by atoms with Gasteiger partial charge < -0.3 is 31.5 Å². The number of amides is 3. The Kier molecular flexibility index (Phi) is 9.84. The number of likely N-dealkylation sites (tertiary alicyclic amines) is 1. The Morgan fingerprint density at radius 1 is 0.947 bits per heavy atom. The third-order valence-electron chi connectivity index (χ3n) is 6.75. The van der Waals surface area contributed by atoms with Gasteiger partial charge in [-0.05, 0) is 42.0 Å². The molecule has 0 aliphatic carbocycles. The summed E-state index contributed by atoms with van der Waals surface area (Å²) in [6, 6.07) is 11.2. The maximum absolute atomic E-state index is 13.3. The number of hydrogen-bond donors (Lipinski definition) is 5. The third kappa shape index (κ3) is 7.55. The van der Waals surface area contributed by atoms with Gasteiger partial charge in [0.25, 0.3) is 0 Å². The van der Waals surface area contributed by atoms with Crippen LogP contribution < -0.4 is 16.4 Å². The van der Waals surface area contributed by atoms with E-state index in [9.17, 15) is 29.4 Å². The van der Waals surface area contributed by atoms with E-state index in [-0.39, 0.29) is 30.4 Å². The molecule has 2 aromatic rings. The largest absolute Gasteiger partial charge is 0.508 e. The predicted molar refractivity (Wildman–Crippen MR) is 141 cm³/mol. The van der Waals surface area contributed by atoms with Crippen molar-refractivity contribution in [2.24, 2.45) is 11.7 Å². The van der Waals surface area contributed by atoms with Gasteiger partial charge in [-0.1, -0.05) is 56.3 Å². The fraction of sp³-hybridized carbons (Fsp3) is 0.429. The molecule has 38 heavy (non-hydrogen) atoms. The van der Waals surface area contributed by atoms with E-state index in [4.69, 9.17) is 5.73 Å². The van der Waals surface area contributed by atoms with Crippen molar-refractivity contribution in [2.75, 3.05) is 6.54 Å². The maximum Gasteiger partial charge on any atom is 0.326 e. The van der Waals surface area contributed by atoms with Gasteiger partial charge in [0.2, 0.25) is 17.7 Å². The Bertz CT molecular complexity index is 1120. The first-order valence-corrected chi connectivity index (χ1v) is 12.8. The van der Waals surface area contributed by atoms with Crippen molar-refractivity contribution in [1.82, 2.24) is 15.5 Å². The summed E-state index contributed by atoms with van der Waals surface area (Å²) in [5.41, 5.74) is 7.44. The number of hydrogen-bond acceptors (Lipinski definition) is 6. The number of rotatable bonds is 11. The van der Waals surface area contributed by atoms with Gasteiger partial charge >= 0.3 is 5.97 Å². The standard InChI is InChI=1S/C28H36N4O6/c1-17(2)24(29)27(36)32-14-6-9-23(32)26(35)30-21(15-19-10-12-20(33)13-11-19)25(34)31-22(28(37)38)16-18-7-4-3-5-8-18/h3-5,7-8,10-13,17,21-24,33H,6,9,14-16,29H2,1-2H3,(H,30,35)(H,31,34)(H,37,38). The summed E-state index contributed by atoms with van der Waals surface area (Å²) in [6.45, 7) is 4.06. The van der Waals surface area contributed by atoms with Crippen LogP contribution in [-0.4, -0.2) is 69.5 Å². The summed E-state index contributed by atoms with van der Waals surface area (Å²) in [4.78, 5) is 53.0. The lowest BCUT2D eigenvalue weighted by Crippen LogP contribution is -2.57. The van der Waals surface area contributed by atoms with Gasteiger partial charge in [-0.2, -0.15) is 0 Å². The Morgan fingerprint density at radius 2 is 1.55 bits per heavy atom. The van der Waals surface area contributed by atoms with Crippen molar-refractivity contribution in [3.05, 3.63) is 65.7 Å². The Morgan fingerprint density at radius 3 is 2.16 bits per heavy atom. The number of aliphatic carboxylic acids is 1. The summed E-state index contributed by atoms with van der Waals surface area (Å²) in [7, 11) is 0. The molecule has 2 aromatic carbocycles. The van der Waals surface area contributed by atoms with Crippen molar-refractivity contribution < 1.29 is 29.4 Å². The third-order valence-corrected chi connectivity index (χ3v) is 6.75. The van der Waals surface area contributed by atoms with E-state index in [1.807, 2.05) is 19.9 Å². The molecule has 3 amide bonds. The number of benzene rings is 2. The van der Waals surface area contributed by atoms with Crippen molar-refractivity contribution in [3.63, 3.8) is 0 Å². The van der Waals surface area contributed by atoms with Crippen LogP contribution in [0.4, 0.5) is 0 Å². The molecule has 1 saturated heterocycles. The van der Waals surface area contributed by atoms with E-state index in [1.54, 1.807) is 36.4 Å². The van der Waals surface area contributed by atoms with Crippen LogP contribution in [0.5, 0.6) is 5.75 Å². The van der Waals surface area contributed by atoms with Crippen LogP contribution in [0.2, 0.25) is 0 Å². The minimum Gasteiger partial charge on any atom is -0.508 e. The SMILES string of the molecule is CC(C)C(N)C(=O)N1CCCC1C(=O)NC(Cc1ccc(O)cc1)C(=O)NC(Cc1ccccc1)C(=O)O. The first-order valence-electron chi connectivity index (χ1n) is 12.8. The van der Waals surface area contributed by atoms with Crippen LogP contribution in [0.1, 0.15) is 37.8 Å². The highest BCUT2D eigenvalue weighted by Gasteiger charge is 2.38. The second kappa shape index (κ2) is 13.0. The van der Waals surface area contributed by atoms with Gasteiger partial charge in [0.15, 0.2) is 0 Å². The van der Waals surface area contributed by atoms with Crippen molar-refractivity contribution in [2.45, 2.75) is 63.7 Å². The zero-order valence-corrected chi connectivity index (χ0v) is 21.7. The molecule has 0 aromatic heterocycles. The number of carboxylic acid groups (broad SMARTS) is 1. The lowest BCUT2D eigenvalue weighted by atomic mass is 10.0. The minimum absolute atomic E-state index is 0.0502. The lowest BCUT2D eigenvalue weighted by Gasteiger charge is -2.29. The summed E-state index contributed by atoms with van der Waals surface area (Å²) < 4.78 is 0. The molecule has 3 rings (SSSR count). The number of carboxylic acids is 1.